The van der Waals surface area contributed by atoms with E-state index in [9.17, 15) is 0 Å². The maximum Gasteiger partial charge on any atom is 0.0453 e. The van der Waals surface area contributed by atoms with E-state index in [1.165, 1.54) is 24.0 Å². The van der Waals surface area contributed by atoms with Gasteiger partial charge in [-0.05, 0) is 37.0 Å². The van der Waals surface area contributed by atoms with Gasteiger partial charge in [-0.15, -0.1) is 0 Å². The van der Waals surface area contributed by atoms with Gasteiger partial charge < -0.3 is 5.32 Å². The van der Waals surface area contributed by atoms with Gasteiger partial charge in [-0.3, -0.25) is 0 Å². The van der Waals surface area contributed by atoms with Gasteiger partial charge in [-0.2, -0.15) is 0 Å². The monoisotopic (exact) mass is 253 g/mol. The lowest BCUT2D eigenvalue weighted by atomic mass is 9.95. The quantitative estimate of drug-likeness (QED) is 0.784. The SMILES string of the molecule is CCC(CC)C(C)NCc1ccc(C)cc1Cl. The van der Waals surface area contributed by atoms with Crippen LogP contribution < -0.4 is 5.32 Å². The van der Waals surface area contributed by atoms with Crippen LogP contribution in [0.25, 0.3) is 0 Å². The fourth-order valence-electron chi connectivity index (χ4n) is 2.23. The predicted molar refractivity (Wildman–Crippen MR) is 76.6 cm³/mol. The summed E-state index contributed by atoms with van der Waals surface area (Å²) in [7, 11) is 0. The van der Waals surface area contributed by atoms with Crippen LogP contribution in [0.2, 0.25) is 5.02 Å². The standard InChI is InChI=1S/C15H24ClN/c1-5-13(6-2)12(4)17-10-14-8-7-11(3)9-15(14)16/h7-9,12-13,17H,5-6,10H2,1-4H3. The highest BCUT2D eigenvalue weighted by atomic mass is 35.5. The molecule has 1 aromatic rings. The van der Waals surface area contributed by atoms with E-state index in [2.05, 4.69) is 45.1 Å². The molecule has 1 rings (SSSR count). The first kappa shape index (κ1) is 14.5. The molecule has 1 N–H and O–H groups in total. The zero-order valence-corrected chi connectivity index (χ0v) is 12.1. The molecule has 0 saturated heterocycles. The maximum atomic E-state index is 6.22. The summed E-state index contributed by atoms with van der Waals surface area (Å²) in [5, 5.41) is 4.45. The number of halogens is 1. The number of aryl methyl sites for hydroxylation is 1. The third kappa shape index (κ3) is 4.33. The number of nitrogens with one attached hydrogen (secondary N) is 1. The zero-order valence-electron chi connectivity index (χ0n) is 11.4. The minimum absolute atomic E-state index is 0.544. The van der Waals surface area contributed by atoms with Crippen molar-refractivity contribution >= 4 is 11.6 Å². The Morgan fingerprint density at radius 3 is 2.41 bits per heavy atom. The van der Waals surface area contributed by atoms with Gasteiger partial charge in [0.15, 0.2) is 0 Å². The van der Waals surface area contributed by atoms with E-state index in [4.69, 9.17) is 11.6 Å². The Kier molecular flexibility index (Phi) is 6.01. The Morgan fingerprint density at radius 1 is 1.24 bits per heavy atom. The Labute approximate surface area is 111 Å². The van der Waals surface area contributed by atoms with Crippen molar-refractivity contribution in [2.45, 2.75) is 53.1 Å². The third-order valence-corrected chi connectivity index (χ3v) is 3.93. The topological polar surface area (TPSA) is 12.0 Å². The van der Waals surface area contributed by atoms with E-state index in [0.717, 1.165) is 17.5 Å². The lowest BCUT2D eigenvalue weighted by molar-refractivity contribution is 0.353. The highest BCUT2D eigenvalue weighted by molar-refractivity contribution is 6.31. The summed E-state index contributed by atoms with van der Waals surface area (Å²) in [6.45, 7) is 9.70. The third-order valence-electron chi connectivity index (χ3n) is 3.58. The molecule has 96 valence electrons. The first-order valence-corrected chi connectivity index (χ1v) is 6.94. The van der Waals surface area contributed by atoms with Crippen LogP contribution in [0.15, 0.2) is 18.2 Å². The van der Waals surface area contributed by atoms with Crippen LogP contribution in [0.4, 0.5) is 0 Å². The fourth-order valence-corrected chi connectivity index (χ4v) is 2.53. The minimum atomic E-state index is 0.544. The van der Waals surface area contributed by atoms with Crippen molar-refractivity contribution in [2.75, 3.05) is 0 Å². The van der Waals surface area contributed by atoms with E-state index in [0.29, 0.717) is 6.04 Å². The molecule has 0 aromatic heterocycles. The van der Waals surface area contributed by atoms with Crippen molar-refractivity contribution in [1.29, 1.82) is 0 Å². The van der Waals surface area contributed by atoms with Gasteiger partial charge in [-0.1, -0.05) is 50.4 Å². The van der Waals surface area contributed by atoms with Crippen LogP contribution in [0, 0.1) is 12.8 Å². The Hall–Kier alpha value is -0.530. The summed E-state index contributed by atoms with van der Waals surface area (Å²) in [6, 6.07) is 6.80. The highest BCUT2D eigenvalue weighted by Gasteiger charge is 2.13. The molecule has 2 heteroatoms. The van der Waals surface area contributed by atoms with E-state index in [1.54, 1.807) is 0 Å². The minimum Gasteiger partial charge on any atom is -0.310 e. The first-order chi connectivity index (χ1) is 8.08. The molecule has 1 nitrogen and oxygen atoms in total. The van der Waals surface area contributed by atoms with Crippen LogP contribution in [0.3, 0.4) is 0 Å². The Morgan fingerprint density at radius 2 is 1.88 bits per heavy atom. The number of hydrogen-bond donors (Lipinski definition) is 1. The molecule has 0 aliphatic carbocycles. The number of benzene rings is 1. The summed E-state index contributed by atoms with van der Waals surface area (Å²) >= 11 is 6.22. The lowest BCUT2D eigenvalue weighted by Gasteiger charge is -2.22. The smallest absolute Gasteiger partial charge is 0.0453 e. The molecule has 0 amide bonds. The Bertz CT molecular complexity index is 345. The summed E-state index contributed by atoms with van der Waals surface area (Å²) in [4.78, 5) is 0. The largest absolute Gasteiger partial charge is 0.310 e. The van der Waals surface area contributed by atoms with Crippen LogP contribution in [-0.4, -0.2) is 6.04 Å². The molecular formula is C15H24ClN. The van der Waals surface area contributed by atoms with E-state index >= 15 is 0 Å². The summed E-state index contributed by atoms with van der Waals surface area (Å²) in [5.74, 6) is 0.749. The molecule has 0 saturated carbocycles. The lowest BCUT2D eigenvalue weighted by Crippen LogP contribution is -2.32. The predicted octanol–water partition coefficient (Wildman–Crippen LogP) is 4.56. The van der Waals surface area contributed by atoms with Gasteiger partial charge in [0.25, 0.3) is 0 Å². The van der Waals surface area contributed by atoms with E-state index < -0.39 is 0 Å². The van der Waals surface area contributed by atoms with Crippen LogP contribution >= 0.6 is 11.6 Å². The average molecular weight is 254 g/mol. The van der Waals surface area contributed by atoms with Crippen molar-refractivity contribution in [1.82, 2.24) is 5.32 Å². The second kappa shape index (κ2) is 7.03. The molecule has 0 heterocycles. The van der Waals surface area contributed by atoms with E-state index in [1.807, 2.05) is 6.07 Å². The highest BCUT2D eigenvalue weighted by Crippen LogP contribution is 2.19. The van der Waals surface area contributed by atoms with Crippen LogP contribution in [-0.2, 0) is 6.54 Å². The van der Waals surface area contributed by atoms with Crippen LogP contribution in [0.1, 0.15) is 44.7 Å². The van der Waals surface area contributed by atoms with Crippen LogP contribution in [0.5, 0.6) is 0 Å². The van der Waals surface area contributed by atoms with Gasteiger partial charge in [0.2, 0.25) is 0 Å². The van der Waals surface area contributed by atoms with Gasteiger partial charge in [-0.25, -0.2) is 0 Å². The number of hydrogen-bond acceptors (Lipinski definition) is 1. The maximum absolute atomic E-state index is 6.22. The summed E-state index contributed by atoms with van der Waals surface area (Å²) < 4.78 is 0. The normalized spacial score (nSPS) is 13.1. The second-order valence-electron chi connectivity index (χ2n) is 4.84. The van der Waals surface area contributed by atoms with Crippen molar-refractivity contribution in [2.24, 2.45) is 5.92 Å². The molecule has 1 atom stereocenters. The molecule has 1 aromatic carbocycles. The molecule has 0 bridgehead atoms. The molecular weight excluding hydrogens is 230 g/mol. The molecule has 17 heavy (non-hydrogen) atoms. The van der Waals surface area contributed by atoms with Gasteiger partial charge in [0.1, 0.15) is 0 Å². The summed E-state index contributed by atoms with van der Waals surface area (Å²) in [5.41, 5.74) is 2.40. The first-order valence-electron chi connectivity index (χ1n) is 6.56. The molecule has 0 aliphatic rings. The molecule has 0 radical (unpaired) electrons. The average Bonchev–Trinajstić information content (AvgIpc) is 2.29. The molecule has 0 fully saturated rings. The van der Waals surface area contributed by atoms with Crippen molar-refractivity contribution < 1.29 is 0 Å². The van der Waals surface area contributed by atoms with Gasteiger partial charge >= 0.3 is 0 Å². The zero-order chi connectivity index (χ0) is 12.8. The fraction of sp³-hybridized carbons (Fsp3) is 0.600. The number of rotatable bonds is 6. The second-order valence-corrected chi connectivity index (χ2v) is 5.25. The molecule has 1 unspecified atom stereocenters. The molecule has 0 aliphatic heterocycles. The van der Waals surface area contributed by atoms with Gasteiger partial charge in [0, 0.05) is 17.6 Å². The van der Waals surface area contributed by atoms with Crippen molar-refractivity contribution in [3.8, 4) is 0 Å². The van der Waals surface area contributed by atoms with Gasteiger partial charge in [0.05, 0.1) is 0 Å². The molecule has 0 spiro atoms. The van der Waals surface area contributed by atoms with Crippen molar-refractivity contribution in [3.05, 3.63) is 34.3 Å². The van der Waals surface area contributed by atoms with Crippen molar-refractivity contribution in [3.63, 3.8) is 0 Å². The summed E-state index contributed by atoms with van der Waals surface area (Å²) in [6.07, 6.45) is 2.46. The Balaban J connectivity index is 2.55. The van der Waals surface area contributed by atoms with E-state index in [-0.39, 0.29) is 0 Å².